The molecule has 1 aliphatic heterocycles. The van der Waals surface area contributed by atoms with Gasteiger partial charge in [-0.3, -0.25) is 19.7 Å². The van der Waals surface area contributed by atoms with E-state index in [2.05, 4.69) is 10.6 Å². The van der Waals surface area contributed by atoms with E-state index < -0.39 is 16.5 Å². The summed E-state index contributed by atoms with van der Waals surface area (Å²) in [4.78, 5) is 33.4. The molecule has 1 unspecified atom stereocenters. The van der Waals surface area contributed by atoms with Gasteiger partial charge < -0.3 is 10.6 Å². The lowest BCUT2D eigenvalue weighted by Gasteiger charge is -2.23. The number of nitro benzene ring substituents is 1. The van der Waals surface area contributed by atoms with Crippen molar-refractivity contribution in [2.45, 2.75) is 18.9 Å². The summed E-state index contributed by atoms with van der Waals surface area (Å²) >= 11 is 5.75. The fourth-order valence-electron chi connectivity index (χ4n) is 2.00. The maximum Gasteiger partial charge on any atom is 0.300 e. The van der Waals surface area contributed by atoms with E-state index in [4.69, 9.17) is 11.6 Å². The number of nitro groups is 1. The molecule has 1 saturated heterocycles. The molecule has 1 aromatic rings. The van der Waals surface area contributed by atoms with Crippen LogP contribution in [-0.2, 0) is 4.79 Å². The smallest absolute Gasteiger partial charge is 0.300 e. The number of para-hydroxylation sites is 1. The number of carbonyl (C=O) groups is 2. The third kappa shape index (κ3) is 3.05. The number of hydrogen-bond donors (Lipinski definition) is 2. The molecule has 106 valence electrons. The van der Waals surface area contributed by atoms with Crippen molar-refractivity contribution in [2.24, 2.45) is 0 Å². The van der Waals surface area contributed by atoms with Gasteiger partial charge in [0.15, 0.2) is 0 Å². The molecule has 0 aliphatic carbocycles. The average Bonchev–Trinajstić information content (AvgIpc) is 2.40. The molecular weight excluding hydrogens is 286 g/mol. The van der Waals surface area contributed by atoms with Gasteiger partial charge in [-0.2, -0.15) is 0 Å². The molecule has 1 aromatic carbocycles. The number of hydrogen-bond acceptors (Lipinski definition) is 4. The number of rotatable bonds is 3. The predicted molar refractivity (Wildman–Crippen MR) is 71.6 cm³/mol. The molecule has 0 aromatic heterocycles. The molecule has 2 amide bonds. The molecule has 2 N–H and O–H groups in total. The van der Waals surface area contributed by atoms with Gasteiger partial charge in [-0.25, -0.2) is 0 Å². The number of nitrogens with one attached hydrogen (secondary N) is 2. The van der Waals surface area contributed by atoms with Crippen molar-refractivity contribution in [3.63, 3.8) is 0 Å². The average molecular weight is 298 g/mol. The molecule has 1 aliphatic rings. The molecule has 0 saturated carbocycles. The van der Waals surface area contributed by atoms with Crippen LogP contribution >= 0.6 is 11.6 Å². The SMILES string of the molecule is O=C1CCC(NC(=O)c2cccc(Cl)c2[N+](=O)[O-])CN1. The largest absolute Gasteiger partial charge is 0.354 e. The maximum atomic E-state index is 12.1. The van der Waals surface area contributed by atoms with Gasteiger partial charge in [0.1, 0.15) is 10.6 Å². The zero-order valence-corrected chi connectivity index (χ0v) is 11.1. The first-order valence-electron chi connectivity index (χ1n) is 5.99. The summed E-state index contributed by atoms with van der Waals surface area (Å²) < 4.78 is 0. The minimum Gasteiger partial charge on any atom is -0.354 e. The minimum absolute atomic E-state index is 0.0655. The Morgan fingerprint density at radius 3 is 2.85 bits per heavy atom. The number of benzene rings is 1. The summed E-state index contributed by atoms with van der Waals surface area (Å²) in [5.74, 6) is -0.635. The Hall–Kier alpha value is -2.15. The lowest BCUT2D eigenvalue weighted by atomic mass is 10.1. The Bertz CT molecular complexity index is 566. The first-order chi connectivity index (χ1) is 9.49. The molecule has 0 spiro atoms. The Labute approximate surface area is 119 Å². The number of nitrogens with zero attached hydrogens (tertiary/aromatic N) is 1. The van der Waals surface area contributed by atoms with Crippen molar-refractivity contribution in [3.05, 3.63) is 38.9 Å². The van der Waals surface area contributed by atoms with Crippen LogP contribution in [0, 0.1) is 10.1 Å². The van der Waals surface area contributed by atoms with Gasteiger partial charge >= 0.3 is 5.69 Å². The highest BCUT2D eigenvalue weighted by atomic mass is 35.5. The van der Waals surface area contributed by atoms with Gasteiger partial charge in [0.25, 0.3) is 5.91 Å². The number of piperidine rings is 1. The molecule has 20 heavy (non-hydrogen) atoms. The Morgan fingerprint density at radius 2 is 2.25 bits per heavy atom. The van der Waals surface area contributed by atoms with Gasteiger partial charge in [-0.15, -0.1) is 0 Å². The molecular formula is C12H12ClN3O4. The fraction of sp³-hybridized carbons (Fsp3) is 0.333. The third-order valence-corrected chi connectivity index (χ3v) is 3.32. The molecule has 8 heteroatoms. The van der Waals surface area contributed by atoms with Crippen LogP contribution in [0.3, 0.4) is 0 Å². The molecule has 0 bridgehead atoms. The van der Waals surface area contributed by atoms with Gasteiger partial charge in [-0.05, 0) is 18.6 Å². The fourth-order valence-corrected chi connectivity index (χ4v) is 2.25. The van der Waals surface area contributed by atoms with E-state index in [9.17, 15) is 19.7 Å². The van der Waals surface area contributed by atoms with Crippen LogP contribution in [0.4, 0.5) is 5.69 Å². The molecule has 0 radical (unpaired) electrons. The monoisotopic (exact) mass is 297 g/mol. The molecule has 2 rings (SSSR count). The van der Waals surface area contributed by atoms with Crippen LogP contribution in [0.25, 0.3) is 0 Å². The van der Waals surface area contributed by atoms with Crippen LogP contribution in [-0.4, -0.2) is 29.3 Å². The van der Waals surface area contributed by atoms with Crippen LogP contribution in [0.5, 0.6) is 0 Å². The van der Waals surface area contributed by atoms with Crippen molar-refractivity contribution in [3.8, 4) is 0 Å². The molecule has 1 heterocycles. The quantitative estimate of drug-likeness (QED) is 0.647. The minimum atomic E-state index is -0.681. The summed E-state index contributed by atoms with van der Waals surface area (Å²) in [5.41, 5.74) is -0.495. The van der Waals surface area contributed by atoms with Crippen molar-refractivity contribution in [2.75, 3.05) is 6.54 Å². The number of halogens is 1. The Kier molecular flexibility index (Phi) is 4.19. The highest BCUT2D eigenvalue weighted by molar-refractivity contribution is 6.33. The molecule has 1 fully saturated rings. The third-order valence-electron chi connectivity index (χ3n) is 3.01. The van der Waals surface area contributed by atoms with Crippen LogP contribution in [0.15, 0.2) is 18.2 Å². The zero-order chi connectivity index (χ0) is 14.7. The topological polar surface area (TPSA) is 101 Å². The van der Waals surface area contributed by atoms with Gasteiger partial charge in [-0.1, -0.05) is 17.7 Å². The van der Waals surface area contributed by atoms with Crippen molar-refractivity contribution in [1.82, 2.24) is 10.6 Å². The van der Waals surface area contributed by atoms with Gasteiger partial charge in [0.05, 0.1) is 4.92 Å². The second kappa shape index (κ2) is 5.87. The zero-order valence-electron chi connectivity index (χ0n) is 10.4. The first-order valence-corrected chi connectivity index (χ1v) is 6.37. The van der Waals surface area contributed by atoms with Crippen LogP contribution < -0.4 is 10.6 Å². The second-order valence-corrected chi connectivity index (χ2v) is 4.81. The van der Waals surface area contributed by atoms with Crippen molar-refractivity contribution >= 4 is 29.1 Å². The van der Waals surface area contributed by atoms with E-state index in [-0.39, 0.29) is 22.5 Å². The van der Waals surface area contributed by atoms with Crippen LogP contribution in [0.1, 0.15) is 23.2 Å². The number of amides is 2. The van der Waals surface area contributed by atoms with E-state index in [1.54, 1.807) is 0 Å². The summed E-state index contributed by atoms with van der Waals surface area (Å²) in [6.07, 6.45) is 0.828. The van der Waals surface area contributed by atoms with Crippen molar-refractivity contribution in [1.29, 1.82) is 0 Å². The standard InChI is InChI=1S/C12H12ClN3O4/c13-9-3-1-2-8(11(9)16(19)20)12(18)15-7-4-5-10(17)14-6-7/h1-3,7H,4-6H2,(H,14,17)(H,15,18). The second-order valence-electron chi connectivity index (χ2n) is 4.41. The Balaban J connectivity index is 2.15. The van der Waals surface area contributed by atoms with Gasteiger partial charge in [0.2, 0.25) is 5.91 Å². The lowest BCUT2D eigenvalue weighted by Crippen LogP contribution is -2.47. The van der Waals surface area contributed by atoms with Gasteiger partial charge in [0, 0.05) is 19.0 Å². The van der Waals surface area contributed by atoms with E-state index in [1.165, 1.54) is 18.2 Å². The summed E-state index contributed by atoms with van der Waals surface area (Å²) in [7, 11) is 0. The first kappa shape index (κ1) is 14.3. The molecule has 1 atom stereocenters. The molecule has 7 nitrogen and oxygen atoms in total. The lowest BCUT2D eigenvalue weighted by molar-refractivity contribution is -0.385. The number of carbonyl (C=O) groups excluding carboxylic acids is 2. The normalized spacial score (nSPS) is 18.2. The maximum absolute atomic E-state index is 12.1. The van der Waals surface area contributed by atoms with E-state index >= 15 is 0 Å². The summed E-state index contributed by atoms with van der Waals surface area (Å²) in [6.45, 7) is 0.318. The van der Waals surface area contributed by atoms with E-state index in [0.29, 0.717) is 19.4 Å². The highest BCUT2D eigenvalue weighted by Crippen LogP contribution is 2.28. The summed E-state index contributed by atoms with van der Waals surface area (Å²) in [6, 6.07) is 3.95. The summed E-state index contributed by atoms with van der Waals surface area (Å²) in [5, 5.41) is 16.2. The highest BCUT2D eigenvalue weighted by Gasteiger charge is 2.26. The van der Waals surface area contributed by atoms with Crippen LogP contribution in [0.2, 0.25) is 5.02 Å². The Morgan fingerprint density at radius 1 is 1.50 bits per heavy atom. The van der Waals surface area contributed by atoms with E-state index in [0.717, 1.165) is 0 Å². The van der Waals surface area contributed by atoms with E-state index in [1.807, 2.05) is 0 Å². The predicted octanol–water partition coefficient (Wildman–Crippen LogP) is 1.26. The van der Waals surface area contributed by atoms with Crippen molar-refractivity contribution < 1.29 is 14.5 Å².